The van der Waals surface area contributed by atoms with Crippen molar-refractivity contribution in [1.82, 2.24) is 4.57 Å². The third-order valence-corrected chi connectivity index (χ3v) is 5.39. The molecule has 2 nitrogen and oxygen atoms in total. The zero-order valence-corrected chi connectivity index (χ0v) is 13.5. The van der Waals surface area contributed by atoms with Crippen LogP contribution in [0.25, 0.3) is 10.6 Å². The molecule has 0 radical (unpaired) electrons. The van der Waals surface area contributed by atoms with Crippen LogP contribution in [0.2, 0.25) is 0 Å². The highest BCUT2D eigenvalue weighted by Crippen LogP contribution is 2.39. The van der Waals surface area contributed by atoms with Crippen molar-refractivity contribution in [1.29, 1.82) is 0 Å². The number of hydrogen-bond acceptors (Lipinski definition) is 3. The molecule has 21 heavy (non-hydrogen) atoms. The molecule has 0 saturated heterocycles. The van der Waals surface area contributed by atoms with Crippen LogP contribution in [0.1, 0.15) is 24.4 Å². The van der Waals surface area contributed by atoms with Crippen molar-refractivity contribution < 1.29 is 0 Å². The molecule has 1 aliphatic rings. The Kier molecular flexibility index (Phi) is 3.28. The van der Waals surface area contributed by atoms with Gasteiger partial charge in [-0.05, 0) is 48.9 Å². The van der Waals surface area contributed by atoms with Crippen LogP contribution in [-0.2, 0) is 0 Å². The molecule has 0 spiro atoms. The molecule has 0 amide bonds. The smallest absolute Gasteiger partial charge is 0.190 e. The summed E-state index contributed by atoms with van der Waals surface area (Å²) in [6.07, 6.45) is 2.55. The van der Waals surface area contributed by atoms with Crippen molar-refractivity contribution in [3.8, 4) is 10.6 Å². The summed E-state index contributed by atoms with van der Waals surface area (Å²) < 4.78 is 2.43. The summed E-state index contributed by atoms with van der Waals surface area (Å²) in [5, 5.41) is 4.39. The summed E-state index contributed by atoms with van der Waals surface area (Å²) in [5.41, 5.74) is 3.62. The van der Waals surface area contributed by atoms with Gasteiger partial charge in [0.1, 0.15) is 0 Å². The van der Waals surface area contributed by atoms with E-state index < -0.39 is 0 Å². The molecule has 1 saturated carbocycles. The molecule has 4 heteroatoms. The van der Waals surface area contributed by atoms with Crippen LogP contribution in [0.5, 0.6) is 0 Å². The Morgan fingerprint density at radius 2 is 2.05 bits per heavy atom. The van der Waals surface area contributed by atoms with Crippen LogP contribution in [-0.4, -0.2) is 4.57 Å². The van der Waals surface area contributed by atoms with Gasteiger partial charge in [0, 0.05) is 11.4 Å². The topological polar surface area (TPSA) is 17.3 Å². The molecule has 1 fully saturated rings. The molecule has 3 aromatic rings. The van der Waals surface area contributed by atoms with Crippen molar-refractivity contribution in [2.24, 2.45) is 4.99 Å². The molecule has 1 aliphatic carbocycles. The zero-order chi connectivity index (χ0) is 14.2. The van der Waals surface area contributed by atoms with E-state index in [0.717, 1.165) is 10.5 Å². The second-order valence-electron chi connectivity index (χ2n) is 5.43. The number of rotatable bonds is 3. The Balaban J connectivity index is 1.86. The minimum absolute atomic E-state index is 0.636. The van der Waals surface area contributed by atoms with Crippen molar-refractivity contribution in [3.63, 3.8) is 0 Å². The second kappa shape index (κ2) is 5.28. The van der Waals surface area contributed by atoms with E-state index in [2.05, 4.69) is 58.6 Å². The number of thiazole rings is 1. The Labute approximate surface area is 132 Å². The molecule has 0 bridgehead atoms. The summed E-state index contributed by atoms with van der Waals surface area (Å²) in [7, 11) is 0. The maximum Gasteiger partial charge on any atom is 0.190 e. The van der Waals surface area contributed by atoms with Gasteiger partial charge in [0.15, 0.2) is 4.80 Å². The van der Waals surface area contributed by atoms with Crippen LogP contribution in [0.15, 0.2) is 52.2 Å². The monoisotopic (exact) mass is 312 g/mol. The third kappa shape index (κ3) is 2.61. The first-order valence-corrected chi connectivity index (χ1v) is 8.92. The lowest BCUT2D eigenvalue weighted by Gasteiger charge is -2.05. The Morgan fingerprint density at radius 3 is 2.76 bits per heavy atom. The van der Waals surface area contributed by atoms with Gasteiger partial charge in [-0.3, -0.25) is 0 Å². The van der Waals surface area contributed by atoms with Crippen molar-refractivity contribution in [3.05, 3.63) is 57.5 Å². The van der Waals surface area contributed by atoms with Gasteiger partial charge < -0.3 is 4.57 Å². The van der Waals surface area contributed by atoms with Crippen LogP contribution in [0.4, 0.5) is 5.69 Å². The normalized spacial score (nSPS) is 15.6. The molecule has 0 N–H and O–H groups in total. The summed E-state index contributed by atoms with van der Waals surface area (Å²) in [5.74, 6) is 0. The first-order valence-electron chi connectivity index (χ1n) is 7.16. The summed E-state index contributed by atoms with van der Waals surface area (Å²) in [6, 6.07) is 13.4. The highest BCUT2D eigenvalue weighted by atomic mass is 32.1. The highest BCUT2D eigenvalue weighted by molar-refractivity contribution is 7.14. The number of nitrogens with zero attached hydrogens (tertiary/aromatic N) is 2. The molecule has 0 unspecified atom stereocenters. The fraction of sp³-hybridized carbons (Fsp3) is 0.235. The molecule has 4 rings (SSSR count). The van der Waals surface area contributed by atoms with Crippen molar-refractivity contribution in [2.75, 3.05) is 0 Å². The summed E-state index contributed by atoms with van der Waals surface area (Å²) in [4.78, 5) is 7.33. The van der Waals surface area contributed by atoms with E-state index in [1.54, 1.807) is 22.7 Å². The SMILES string of the molecule is Cc1cccc(N=c2scc(-c3cccs3)n2C2CC2)c1. The van der Waals surface area contributed by atoms with E-state index in [-0.39, 0.29) is 0 Å². The Hall–Kier alpha value is -1.65. The van der Waals surface area contributed by atoms with Gasteiger partial charge in [-0.25, -0.2) is 4.99 Å². The standard InChI is InChI=1S/C17H16N2S2/c1-12-4-2-5-13(10-12)18-17-19(14-7-8-14)15(11-21-17)16-6-3-9-20-16/h2-6,9-11,14H,7-8H2,1H3. The van der Waals surface area contributed by atoms with Gasteiger partial charge in [-0.1, -0.05) is 18.2 Å². The van der Waals surface area contributed by atoms with Gasteiger partial charge in [0.05, 0.1) is 16.3 Å². The predicted molar refractivity (Wildman–Crippen MR) is 90.3 cm³/mol. The lowest BCUT2D eigenvalue weighted by molar-refractivity contribution is 0.726. The number of benzene rings is 1. The second-order valence-corrected chi connectivity index (χ2v) is 7.22. The number of thiophene rings is 1. The van der Waals surface area contributed by atoms with E-state index in [0.29, 0.717) is 6.04 Å². The minimum atomic E-state index is 0.636. The first-order chi connectivity index (χ1) is 10.3. The lowest BCUT2D eigenvalue weighted by atomic mass is 10.2. The van der Waals surface area contributed by atoms with E-state index in [1.807, 2.05) is 0 Å². The molecule has 1 aromatic carbocycles. The number of aromatic nitrogens is 1. The highest BCUT2D eigenvalue weighted by Gasteiger charge is 2.27. The summed E-state index contributed by atoms with van der Waals surface area (Å²) in [6.45, 7) is 2.11. The quantitative estimate of drug-likeness (QED) is 0.636. The maximum absolute atomic E-state index is 4.88. The molecule has 0 aliphatic heterocycles. The summed E-state index contributed by atoms with van der Waals surface area (Å²) >= 11 is 3.55. The molecular formula is C17H16N2S2. The number of hydrogen-bond donors (Lipinski definition) is 0. The van der Waals surface area contributed by atoms with Crippen LogP contribution in [0.3, 0.4) is 0 Å². The average molecular weight is 312 g/mol. The fourth-order valence-electron chi connectivity index (χ4n) is 2.50. The van der Waals surface area contributed by atoms with Gasteiger partial charge in [-0.15, -0.1) is 22.7 Å². The van der Waals surface area contributed by atoms with Crippen LogP contribution < -0.4 is 4.80 Å². The molecule has 0 atom stereocenters. The van der Waals surface area contributed by atoms with Gasteiger partial charge in [0.2, 0.25) is 0 Å². The molecule has 2 aromatic heterocycles. The van der Waals surface area contributed by atoms with Crippen LogP contribution in [0, 0.1) is 6.92 Å². The number of aryl methyl sites for hydroxylation is 1. The molecule has 2 heterocycles. The average Bonchev–Trinajstić information content (AvgIpc) is 3.00. The minimum Gasteiger partial charge on any atom is -0.313 e. The van der Waals surface area contributed by atoms with Gasteiger partial charge >= 0.3 is 0 Å². The predicted octanol–water partition coefficient (Wildman–Crippen LogP) is 5.15. The van der Waals surface area contributed by atoms with Crippen molar-refractivity contribution >= 4 is 28.4 Å². The van der Waals surface area contributed by atoms with E-state index in [1.165, 1.54) is 29.0 Å². The molecular weight excluding hydrogens is 296 g/mol. The Bertz CT molecular complexity index is 821. The zero-order valence-electron chi connectivity index (χ0n) is 11.8. The van der Waals surface area contributed by atoms with Gasteiger partial charge in [-0.2, -0.15) is 0 Å². The van der Waals surface area contributed by atoms with E-state index >= 15 is 0 Å². The first kappa shape index (κ1) is 13.0. The fourth-order valence-corrected chi connectivity index (χ4v) is 4.29. The van der Waals surface area contributed by atoms with Crippen molar-refractivity contribution in [2.45, 2.75) is 25.8 Å². The van der Waals surface area contributed by atoms with Crippen LogP contribution >= 0.6 is 22.7 Å². The lowest BCUT2D eigenvalue weighted by Crippen LogP contribution is -2.13. The maximum atomic E-state index is 4.88. The molecule has 106 valence electrons. The van der Waals surface area contributed by atoms with Gasteiger partial charge in [0.25, 0.3) is 0 Å². The Morgan fingerprint density at radius 1 is 1.14 bits per heavy atom. The van der Waals surface area contributed by atoms with E-state index in [9.17, 15) is 0 Å². The third-order valence-electron chi connectivity index (χ3n) is 3.65. The van der Waals surface area contributed by atoms with E-state index in [4.69, 9.17) is 4.99 Å². The largest absolute Gasteiger partial charge is 0.313 e.